The Labute approximate surface area is 106 Å². The van der Waals surface area contributed by atoms with Crippen molar-refractivity contribution in [1.29, 1.82) is 0 Å². The van der Waals surface area contributed by atoms with Crippen molar-refractivity contribution in [3.05, 3.63) is 24.3 Å². The first-order valence-corrected chi connectivity index (χ1v) is 4.70. The van der Waals surface area contributed by atoms with Gasteiger partial charge in [-0.15, -0.1) is 5.10 Å². The zero-order valence-electron chi connectivity index (χ0n) is 7.77. The summed E-state index contributed by atoms with van der Waals surface area (Å²) < 4.78 is 1.97. The molecule has 4 heteroatoms. The first-order valence-electron chi connectivity index (χ1n) is 4.70. The first kappa shape index (κ1) is 11.7. The summed E-state index contributed by atoms with van der Waals surface area (Å²) in [6.07, 6.45) is 2.35. The molecule has 0 aliphatic rings. The van der Waals surface area contributed by atoms with E-state index in [1.165, 1.54) is 6.42 Å². The molecule has 70 valence electrons. The van der Waals surface area contributed by atoms with Crippen molar-refractivity contribution >= 4 is 40.6 Å². The molecule has 2 aromatic rings. The Morgan fingerprint density at radius 3 is 2.86 bits per heavy atom. The Kier molecular flexibility index (Phi) is 4.58. The van der Waals surface area contributed by atoms with E-state index in [4.69, 9.17) is 0 Å². The fourth-order valence-electron chi connectivity index (χ4n) is 1.39. The molecule has 0 atom stereocenters. The number of rotatable bonds is 3. The molecule has 0 N–H and O–H groups in total. The maximum atomic E-state index is 4.10. The zero-order valence-corrected chi connectivity index (χ0v) is 7.77. The number of aryl methyl sites for hydroxylation is 1. The van der Waals surface area contributed by atoms with E-state index in [1.54, 1.807) is 0 Å². The minimum absolute atomic E-state index is 0. The zero-order chi connectivity index (χ0) is 9.10. The second-order valence-electron chi connectivity index (χ2n) is 3.15. The summed E-state index contributed by atoms with van der Waals surface area (Å²) in [6, 6.07) is 8.06. The fourth-order valence-corrected chi connectivity index (χ4v) is 1.39. The van der Waals surface area contributed by atoms with Crippen LogP contribution in [0.2, 0.25) is 0 Å². The minimum atomic E-state index is 0. The van der Waals surface area contributed by atoms with Gasteiger partial charge in [0, 0.05) is 6.54 Å². The molecule has 0 unspecified atom stereocenters. The van der Waals surface area contributed by atoms with Crippen LogP contribution in [0.15, 0.2) is 24.3 Å². The van der Waals surface area contributed by atoms with Gasteiger partial charge in [-0.25, -0.2) is 4.68 Å². The van der Waals surface area contributed by atoms with E-state index in [-0.39, 0.29) is 29.6 Å². The van der Waals surface area contributed by atoms with Crippen LogP contribution in [0.3, 0.4) is 0 Å². The Balaban J connectivity index is 0.000000980. The van der Waals surface area contributed by atoms with E-state index in [9.17, 15) is 0 Å². The molecular weight excluding hydrogens is 185 g/mol. The van der Waals surface area contributed by atoms with Gasteiger partial charge in [-0.2, -0.15) is 0 Å². The molecule has 14 heavy (non-hydrogen) atoms. The van der Waals surface area contributed by atoms with Gasteiger partial charge in [0.25, 0.3) is 0 Å². The number of benzene rings is 1. The molecule has 3 nitrogen and oxygen atoms in total. The number of fused-ring (bicyclic) bond motifs is 1. The van der Waals surface area contributed by atoms with Gasteiger partial charge in [0.2, 0.25) is 0 Å². The molecule has 2 rings (SSSR count). The number of hydrogen-bond donors (Lipinski definition) is 0. The quantitative estimate of drug-likeness (QED) is 0.703. The SMILES string of the molecule is CCCCn1nnc2ccccc21.[NaH]. The van der Waals surface area contributed by atoms with Crippen molar-refractivity contribution < 1.29 is 0 Å². The molecule has 0 saturated carbocycles. The molecule has 0 bridgehead atoms. The third-order valence-corrected chi connectivity index (χ3v) is 2.14. The number of nitrogens with zero attached hydrogens (tertiary/aromatic N) is 3. The standard InChI is InChI=1S/C10H13N3.Na.H/c1-2-3-8-13-10-7-5-4-6-9(10)11-12-13;;/h4-7H,2-3,8H2,1H3;;. The molecule has 0 fully saturated rings. The van der Waals surface area contributed by atoms with Crippen LogP contribution in [0, 0.1) is 0 Å². The van der Waals surface area contributed by atoms with Crippen LogP contribution >= 0.6 is 0 Å². The molecule has 1 aromatic carbocycles. The van der Waals surface area contributed by atoms with Crippen LogP contribution in [0.1, 0.15) is 19.8 Å². The maximum absolute atomic E-state index is 4.10. The van der Waals surface area contributed by atoms with Crippen LogP contribution in [-0.2, 0) is 6.54 Å². The molecule has 0 amide bonds. The number of hydrogen-bond acceptors (Lipinski definition) is 2. The van der Waals surface area contributed by atoms with E-state index in [0.717, 1.165) is 24.0 Å². The van der Waals surface area contributed by atoms with Crippen molar-refractivity contribution in [2.24, 2.45) is 0 Å². The van der Waals surface area contributed by atoms with Crippen molar-refractivity contribution in [2.45, 2.75) is 26.3 Å². The number of para-hydroxylation sites is 1. The molecule has 0 aliphatic heterocycles. The van der Waals surface area contributed by atoms with E-state index >= 15 is 0 Å². The van der Waals surface area contributed by atoms with Gasteiger partial charge in [0.15, 0.2) is 0 Å². The summed E-state index contributed by atoms with van der Waals surface area (Å²) in [5.74, 6) is 0. The van der Waals surface area contributed by atoms with Gasteiger partial charge in [0.1, 0.15) is 5.52 Å². The third kappa shape index (κ3) is 2.35. The third-order valence-electron chi connectivity index (χ3n) is 2.14. The summed E-state index contributed by atoms with van der Waals surface area (Å²) in [7, 11) is 0. The van der Waals surface area contributed by atoms with E-state index in [1.807, 2.05) is 22.9 Å². The van der Waals surface area contributed by atoms with Crippen LogP contribution in [0.4, 0.5) is 0 Å². The molecule has 1 aromatic heterocycles. The molecule has 0 spiro atoms. The second kappa shape index (κ2) is 5.49. The van der Waals surface area contributed by atoms with Crippen molar-refractivity contribution in [3.8, 4) is 0 Å². The molecular formula is C10H14N3Na. The number of unbranched alkanes of at least 4 members (excludes halogenated alkanes) is 1. The Morgan fingerprint density at radius 2 is 2.07 bits per heavy atom. The van der Waals surface area contributed by atoms with Crippen molar-refractivity contribution in [3.63, 3.8) is 0 Å². The summed E-state index contributed by atoms with van der Waals surface area (Å²) in [4.78, 5) is 0. The second-order valence-corrected chi connectivity index (χ2v) is 3.15. The van der Waals surface area contributed by atoms with Crippen LogP contribution in [-0.4, -0.2) is 44.6 Å². The Hall–Kier alpha value is -0.380. The predicted octanol–water partition coefficient (Wildman–Crippen LogP) is 1.58. The topological polar surface area (TPSA) is 30.7 Å². The van der Waals surface area contributed by atoms with Gasteiger partial charge in [-0.1, -0.05) is 30.7 Å². The van der Waals surface area contributed by atoms with E-state index < -0.39 is 0 Å². The Morgan fingerprint density at radius 1 is 1.29 bits per heavy atom. The number of aromatic nitrogens is 3. The summed E-state index contributed by atoms with van der Waals surface area (Å²) >= 11 is 0. The van der Waals surface area contributed by atoms with Gasteiger partial charge in [0.05, 0.1) is 5.52 Å². The molecule has 1 heterocycles. The summed E-state index contributed by atoms with van der Waals surface area (Å²) in [6.45, 7) is 3.15. The summed E-state index contributed by atoms with van der Waals surface area (Å²) in [5.41, 5.74) is 2.12. The van der Waals surface area contributed by atoms with E-state index in [2.05, 4.69) is 23.3 Å². The fraction of sp³-hybridized carbons (Fsp3) is 0.400. The van der Waals surface area contributed by atoms with Gasteiger partial charge < -0.3 is 0 Å². The predicted molar refractivity (Wildman–Crippen MR) is 59.6 cm³/mol. The molecule has 0 aliphatic carbocycles. The van der Waals surface area contributed by atoms with Crippen LogP contribution in [0.5, 0.6) is 0 Å². The van der Waals surface area contributed by atoms with Gasteiger partial charge in [-0.3, -0.25) is 0 Å². The molecule has 0 saturated heterocycles. The van der Waals surface area contributed by atoms with Crippen LogP contribution < -0.4 is 0 Å². The van der Waals surface area contributed by atoms with Crippen LogP contribution in [0.25, 0.3) is 11.0 Å². The van der Waals surface area contributed by atoms with Crippen molar-refractivity contribution in [2.75, 3.05) is 0 Å². The van der Waals surface area contributed by atoms with Gasteiger partial charge in [-0.05, 0) is 18.6 Å². The molecule has 0 radical (unpaired) electrons. The average molecular weight is 199 g/mol. The normalized spacial score (nSPS) is 10.1. The monoisotopic (exact) mass is 199 g/mol. The Bertz CT molecular complexity index is 397. The van der Waals surface area contributed by atoms with E-state index in [0.29, 0.717) is 0 Å². The summed E-state index contributed by atoms with van der Waals surface area (Å²) in [5, 5.41) is 8.18. The first-order chi connectivity index (χ1) is 6.42. The van der Waals surface area contributed by atoms with Gasteiger partial charge >= 0.3 is 29.6 Å². The average Bonchev–Trinajstić information content (AvgIpc) is 2.58. The van der Waals surface area contributed by atoms with Crippen molar-refractivity contribution in [1.82, 2.24) is 15.0 Å².